The first-order valence-electron chi connectivity index (χ1n) is 58.9. The number of unbranched alkanes of at least 4 members (excludes halogenated alkanes) is 53. The maximum atomic E-state index is 16.3. The summed E-state index contributed by atoms with van der Waals surface area (Å²) in [4.78, 5) is 71.9. The number of phosphoric acid groups is 1. The Labute approximate surface area is 888 Å². The van der Waals surface area contributed by atoms with Crippen molar-refractivity contribution in [3.05, 3.63) is 215 Å². The fourth-order valence-electron chi connectivity index (χ4n) is 20.0. The summed E-state index contributed by atoms with van der Waals surface area (Å²) in [6, 6.07) is 57.7. The lowest BCUT2D eigenvalue weighted by Gasteiger charge is -2.52. The third kappa shape index (κ3) is 57.5. The van der Waals surface area contributed by atoms with Crippen LogP contribution in [-0.4, -0.2) is 122 Å². The second-order valence-electron chi connectivity index (χ2n) is 41.7. The summed E-state index contributed by atoms with van der Waals surface area (Å²) in [6.07, 6.45) is 48.2. The van der Waals surface area contributed by atoms with Gasteiger partial charge in [-0.3, -0.25) is 28.2 Å². The largest absolute Gasteiger partial charge is 0.472 e. The number of phosphoric ester groups is 1. The lowest BCUT2D eigenvalue weighted by molar-refractivity contribution is -0.359. The zero-order valence-electron chi connectivity index (χ0n) is 91.4. The minimum Gasteiger partial charge on any atom is -0.463 e. The Kier molecular flexibility index (Phi) is 70.3. The fraction of sp³-hybridized carbons (Fsp3) is 0.683. The van der Waals surface area contributed by atoms with E-state index in [0.717, 1.165) is 137 Å². The molecular weight excluding hydrogens is 1860 g/mol. The molecule has 2 aliphatic rings. The molecule has 1 saturated carbocycles. The Morgan fingerprint density at radius 3 is 0.803 bits per heavy atom. The van der Waals surface area contributed by atoms with Crippen molar-refractivity contribution in [2.75, 3.05) is 19.8 Å². The molecule has 0 bridgehead atoms. The highest BCUT2D eigenvalue weighted by molar-refractivity contribution is 7.47. The van der Waals surface area contributed by atoms with Gasteiger partial charge in [0.1, 0.15) is 68.1 Å². The van der Waals surface area contributed by atoms with Gasteiger partial charge in [-0.25, -0.2) is 4.57 Å². The van der Waals surface area contributed by atoms with Crippen molar-refractivity contribution in [1.29, 1.82) is 0 Å². The third-order valence-electron chi connectivity index (χ3n) is 28.8. The molecule has 0 aromatic heterocycles. The molecule has 1 aliphatic carbocycles. The Morgan fingerprint density at radius 2 is 0.503 bits per heavy atom. The van der Waals surface area contributed by atoms with E-state index in [2.05, 4.69) is 27.7 Å². The average Bonchev–Trinajstić information content (AvgIpc) is 0.745. The molecule has 147 heavy (non-hydrogen) atoms. The quantitative estimate of drug-likeness (QED) is 0.0162. The summed E-state index contributed by atoms with van der Waals surface area (Å²) in [5, 5.41) is 0. The second-order valence-corrected chi connectivity index (χ2v) is 43.1. The monoisotopic (exact) mass is 2060 g/mol. The van der Waals surface area contributed by atoms with Crippen LogP contribution in [0, 0.1) is 0 Å². The maximum Gasteiger partial charge on any atom is 0.472 e. The van der Waals surface area contributed by atoms with Crippen molar-refractivity contribution in [3.8, 4) is 0 Å². The highest BCUT2D eigenvalue weighted by atomic mass is 31.2. The lowest BCUT2D eigenvalue weighted by atomic mass is 9.83. The molecule has 6 aromatic carbocycles. The van der Waals surface area contributed by atoms with Crippen LogP contribution in [0.15, 0.2) is 182 Å². The van der Waals surface area contributed by atoms with Crippen LogP contribution in [0.1, 0.15) is 453 Å². The van der Waals surface area contributed by atoms with E-state index in [4.69, 9.17) is 65.9 Å². The van der Waals surface area contributed by atoms with Crippen LogP contribution in [0.5, 0.6) is 0 Å². The number of hydrogen-bond donors (Lipinski definition) is 1. The number of benzene rings is 6. The molecule has 0 amide bonds. The Bertz CT molecular complexity index is 4190. The van der Waals surface area contributed by atoms with E-state index >= 15 is 9.36 Å². The van der Waals surface area contributed by atoms with E-state index in [1.54, 1.807) is 0 Å². The highest BCUT2D eigenvalue weighted by Crippen LogP contribution is 2.50. The van der Waals surface area contributed by atoms with Crippen molar-refractivity contribution in [2.24, 2.45) is 0 Å². The number of carbonyl (C=O) groups excluding carboxylic acids is 4. The van der Waals surface area contributed by atoms with Gasteiger partial charge in [-0.1, -0.05) is 550 Å². The van der Waals surface area contributed by atoms with E-state index < -0.39 is 118 Å². The van der Waals surface area contributed by atoms with Crippen molar-refractivity contribution in [1.82, 2.24) is 0 Å². The molecular formula is C126H195O20P. The fourth-order valence-corrected chi connectivity index (χ4v) is 21.0. The summed E-state index contributed by atoms with van der Waals surface area (Å²) in [7, 11) is -5.66. The SMILES string of the molecule is CCCCCCCCCCCCCCCCCCC(=O)OCC(COP(=O)(O)O[C@H]1[C@H](OCc2ccccc2)[C@@H](OCc2ccccc2)[C@H](OCc2ccccc2)[C@@H](OC(=O)CCCCCCCCCCCCCCCCC)[C@H]1O[C@H]1O[C@H](COC(=O)CCCCCCCCCCCCCCC)[C@@H](OCc2ccccc2)[C@H](OCc2ccccc2)[C@@H]1OCc1ccccc1)OC(=O)CCCCCCCCCCCCCCC. The van der Waals surface area contributed by atoms with Crippen LogP contribution < -0.4 is 0 Å². The molecule has 2 fully saturated rings. The van der Waals surface area contributed by atoms with Gasteiger partial charge in [-0.2, -0.15) is 0 Å². The van der Waals surface area contributed by atoms with Crippen LogP contribution >= 0.6 is 7.82 Å². The third-order valence-corrected chi connectivity index (χ3v) is 29.8. The molecule has 1 aliphatic heterocycles. The van der Waals surface area contributed by atoms with Gasteiger partial charge in [0, 0.05) is 25.7 Å². The molecule has 1 N–H and O–H groups in total. The smallest absolute Gasteiger partial charge is 0.463 e. The van der Waals surface area contributed by atoms with Gasteiger partial charge in [0.05, 0.1) is 46.2 Å². The van der Waals surface area contributed by atoms with Crippen molar-refractivity contribution >= 4 is 31.7 Å². The Balaban J connectivity index is 1.19. The van der Waals surface area contributed by atoms with Crippen LogP contribution in [-0.2, 0) is 129 Å². The van der Waals surface area contributed by atoms with Crippen LogP contribution in [0.3, 0.4) is 0 Å². The topological polar surface area (TPSA) is 235 Å². The number of rotatable bonds is 92. The Morgan fingerprint density at radius 1 is 0.265 bits per heavy atom. The molecule has 0 radical (unpaired) electrons. The number of carbonyl (C=O) groups is 4. The highest BCUT2D eigenvalue weighted by Gasteiger charge is 2.61. The van der Waals surface area contributed by atoms with Gasteiger partial charge in [-0.15, -0.1) is 0 Å². The van der Waals surface area contributed by atoms with Gasteiger partial charge < -0.3 is 61.7 Å². The first-order valence-corrected chi connectivity index (χ1v) is 60.4. The second kappa shape index (κ2) is 82.6. The van der Waals surface area contributed by atoms with Gasteiger partial charge in [0.2, 0.25) is 0 Å². The van der Waals surface area contributed by atoms with Gasteiger partial charge >= 0.3 is 31.7 Å². The standard InChI is InChI=1S/C126H195O20P/c1-5-9-13-17-21-25-29-33-35-37-40-43-46-50-54-76-92-113(127)133-102-111(142-115(129)94-78-56-52-48-44-39-32-28-24-20-16-12-8-4)103-141-147(131,132)146-124-121(139-100-109-88-72-62-73-89-109)119(137-98-107-84-68-60-69-85-107)120(138-99-108-86-70-61-71-87-108)122(144-116(130)95-79-57-53-49-45-41-36-34-30-26-22-18-14-10-6-2)123(124)145-126-125(140-101-110-90-74-63-75-91-110)118(136-97-106-82-66-59-67-83-106)117(135-96-105-80-64-58-65-81-105)112(143-126)104-134-114(128)93-77-55-51-47-42-38-31-27-23-19-15-11-7-3/h58-75,80-91,111-112,117-126H,5-57,76-79,92-104H2,1-4H3,(H,131,132)/t111?,112-,117-,118+,119+,120+,121-,122-,123-,124+,125+,126-/m1/s1. The van der Waals surface area contributed by atoms with E-state index in [-0.39, 0.29) is 71.9 Å². The molecule has 0 spiro atoms. The van der Waals surface area contributed by atoms with Gasteiger partial charge in [0.15, 0.2) is 18.5 Å². The molecule has 2 unspecified atom stereocenters. The van der Waals surface area contributed by atoms with Crippen LogP contribution in [0.25, 0.3) is 0 Å². The summed E-state index contributed by atoms with van der Waals surface area (Å²) >= 11 is 0. The molecule has 20 nitrogen and oxygen atoms in total. The first-order chi connectivity index (χ1) is 72.3. The van der Waals surface area contributed by atoms with Crippen LogP contribution in [0.4, 0.5) is 0 Å². The summed E-state index contributed by atoms with van der Waals surface area (Å²) < 4.78 is 115. The van der Waals surface area contributed by atoms with Crippen molar-refractivity contribution in [3.63, 3.8) is 0 Å². The summed E-state index contributed by atoms with van der Waals surface area (Å²) in [5.74, 6) is -2.14. The number of ether oxygens (including phenoxy) is 12. The summed E-state index contributed by atoms with van der Waals surface area (Å²) in [6.45, 7) is 7.19. The van der Waals surface area contributed by atoms with E-state index in [0.29, 0.717) is 31.2 Å². The molecule has 8 rings (SSSR count). The van der Waals surface area contributed by atoms with Gasteiger partial charge in [0.25, 0.3) is 0 Å². The lowest BCUT2D eigenvalue weighted by Crippen LogP contribution is -2.70. The summed E-state index contributed by atoms with van der Waals surface area (Å²) in [5.41, 5.74) is 4.67. The van der Waals surface area contributed by atoms with Gasteiger partial charge in [-0.05, 0) is 59.1 Å². The average molecular weight is 2060 g/mol. The zero-order chi connectivity index (χ0) is 104. The molecule has 824 valence electrons. The zero-order valence-corrected chi connectivity index (χ0v) is 92.3. The Hall–Kier alpha value is -7.01. The number of hydrogen-bond acceptors (Lipinski definition) is 19. The van der Waals surface area contributed by atoms with E-state index in [1.165, 1.54) is 231 Å². The van der Waals surface area contributed by atoms with E-state index in [9.17, 15) is 19.3 Å². The molecule has 1 heterocycles. The predicted molar refractivity (Wildman–Crippen MR) is 590 cm³/mol. The normalized spacial score (nSPS) is 19.0. The molecule has 6 aromatic rings. The number of esters is 4. The minimum absolute atomic E-state index is 0.0274. The maximum absolute atomic E-state index is 16.3. The first kappa shape index (κ1) is 125. The predicted octanol–water partition coefficient (Wildman–Crippen LogP) is 32.9. The molecule has 1 saturated heterocycles. The van der Waals surface area contributed by atoms with Crippen LogP contribution in [0.2, 0.25) is 0 Å². The van der Waals surface area contributed by atoms with Crippen molar-refractivity contribution in [2.45, 2.75) is 532 Å². The molecule has 13 atom stereocenters. The van der Waals surface area contributed by atoms with E-state index in [1.807, 2.05) is 182 Å². The minimum atomic E-state index is -5.66. The van der Waals surface area contributed by atoms with Crippen molar-refractivity contribution < 1.29 is 94.5 Å². The molecule has 21 heteroatoms.